The maximum absolute atomic E-state index is 6.76. The molecule has 43 heavy (non-hydrogen) atoms. The highest BCUT2D eigenvalue weighted by Gasteiger charge is 2.51. The molecule has 0 aliphatic carbocycles. The van der Waals surface area contributed by atoms with Crippen LogP contribution < -0.4 is 9.47 Å². The van der Waals surface area contributed by atoms with Gasteiger partial charge in [-0.15, -0.1) is 0 Å². The monoisotopic (exact) mass is 628 g/mol. The summed E-state index contributed by atoms with van der Waals surface area (Å²) in [6.45, 7) is 18.1. The summed E-state index contributed by atoms with van der Waals surface area (Å²) < 4.78 is 23.5. The van der Waals surface area contributed by atoms with Crippen LogP contribution in [0, 0.1) is 21.7 Å². The number of nitrogens with zero attached hydrogens (tertiary/aromatic N) is 6. The maximum Gasteiger partial charge on any atom is 0.201 e. The summed E-state index contributed by atoms with van der Waals surface area (Å²) >= 11 is 12.3. The molecule has 232 valence electrons. The van der Waals surface area contributed by atoms with Crippen molar-refractivity contribution in [3.63, 3.8) is 0 Å². The number of halogens is 2. The fourth-order valence-electron chi connectivity index (χ4n) is 4.70. The van der Waals surface area contributed by atoms with Gasteiger partial charge in [0, 0.05) is 10.0 Å². The highest BCUT2D eigenvalue weighted by Crippen LogP contribution is 2.51. The van der Waals surface area contributed by atoms with E-state index in [0.717, 1.165) is 0 Å². The first kappa shape index (κ1) is 32.8. The average Bonchev–Trinajstić information content (AvgIpc) is 3.66. The van der Waals surface area contributed by atoms with E-state index in [0.29, 0.717) is 34.8 Å². The Bertz CT molecular complexity index is 1310. The first-order valence-electron chi connectivity index (χ1n) is 14.2. The molecule has 0 aliphatic heterocycles. The van der Waals surface area contributed by atoms with E-state index < -0.39 is 23.3 Å². The van der Waals surface area contributed by atoms with Gasteiger partial charge < -0.3 is 14.2 Å². The van der Waals surface area contributed by atoms with E-state index in [2.05, 4.69) is 75.6 Å². The van der Waals surface area contributed by atoms with E-state index in [-0.39, 0.29) is 10.8 Å². The predicted octanol–water partition coefficient (Wildman–Crippen LogP) is 8.15. The van der Waals surface area contributed by atoms with Gasteiger partial charge in [-0.3, -0.25) is 0 Å². The molecule has 0 fully saturated rings. The fraction of sp³-hybridized carbons (Fsp3) is 0.500. The summed E-state index contributed by atoms with van der Waals surface area (Å²) in [5.41, 5.74) is -1.70. The Morgan fingerprint density at radius 3 is 1.23 bits per heavy atom. The molecule has 0 N–H and O–H groups in total. The molecule has 4 aromatic rings. The standard InChI is InChI=1S/C32H42Cl2N6O3/c1-29(2,3)31(7,27(39-21-35-19-37-39)42-25-13-9-23(33)10-14-25)17-41-18-32(8,30(4,5)6)28(40-22-36-20-38-40)43-26-15-11-24(34)12-16-26/h9-16,19-22,27-28H,17-18H2,1-8H3. The topological polar surface area (TPSA) is 89.1 Å². The largest absolute Gasteiger partial charge is 0.468 e. The van der Waals surface area contributed by atoms with E-state index in [4.69, 9.17) is 37.4 Å². The summed E-state index contributed by atoms with van der Waals surface area (Å²) in [7, 11) is 0. The minimum Gasteiger partial charge on any atom is -0.468 e. The molecule has 4 unspecified atom stereocenters. The van der Waals surface area contributed by atoms with Crippen LogP contribution in [0.3, 0.4) is 0 Å². The average molecular weight is 630 g/mol. The van der Waals surface area contributed by atoms with Crippen molar-refractivity contribution in [2.24, 2.45) is 21.7 Å². The van der Waals surface area contributed by atoms with Crippen LogP contribution >= 0.6 is 23.2 Å². The second kappa shape index (κ2) is 12.8. The van der Waals surface area contributed by atoms with Crippen molar-refractivity contribution >= 4 is 23.2 Å². The number of aromatic nitrogens is 6. The highest BCUT2D eigenvalue weighted by atomic mass is 35.5. The van der Waals surface area contributed by atoms with Gasteiger partial charge in [0.25, 0.3) is 0 Å². The second-order valence-corrected chi connectivity index (χ2v) is 14.3. The van der Waals surface area contributed by atoms with Crippen molar-refractivity contribution in [1.29, 1.82) is 0 Å². The lowest BCUT2D eigenvalue weighted by Gasteiger charge is -2.49. The molecule has 0 bridgehead atoms. The molecule has 4 rings (SSSR count). The summed E-state index contributed by atoms with van der Waals surface area (Å²) in [5.74, 6) is 1.34. The van der Waals surface area contributed by atoms with Gasteiger partial charge in [0.05, 0.1) is 24.0 Å². The van der Waals surface area contributed by atoms with E-state index in [1.54, 1.807) is 46.3 Å². The van der Waals surface area contributed by atoms with Crippen molar-refractivity contribution in [1.82, 2.24) is 29.5 Å². The molecule has 2 heterocycles. The van der Waals surface area contributed by atoms with Gasteiger partial charge in [0.15, 0.2) is 0 Å². The van der Waals surface area contributed by atoms with Gasteiger partial charge in [0.2, 0.25) is 12.5 Å². The Labute approximate surface area is 264 Å². The number of rotatable bonds is 12. The minimum absolute atomic E-state index is 0.278. The van der Waals surface area contributed by atoms with E-state index in [9.17, 15) is 0 Å². The molecule has 4 atom stereocenters. The van der Waals surface area contributed by atoms with Crippen LogP contribution in [0.25, 0.3) is 0 Å². The number of benzene rings is 2. The molecule has 0 saturated carbocycles. The molecule has 0 radical (unpaired) electrons. The van der Waals surface area contributed by atoms with Crippen LogP contribution in [0.2, 0.25) is 10.0 Å². The Morgan fingerprint density at radius 1 is 0.605 bits per heavy atom. The first-order valence-corrected chi connectivity index (χ1v) is 15.0. The third kappa shape index (κ3) is 7.33. The molecular formula is C32H42Cl2N6O3. The fourth-order valence-corrected chi connectivity index (χ4v) is 4.96. The van der Waals surface area contributed by atoms with E-state index in [1.807, 2.05) is 24.3 Å². The van der Waals surface area contributed by atoms with Crippen molar-refractivity contribution in [3.05, 3.63) is 83.9 Å². The maximum atomic E-state index is 6.76. The Hall–Kier alpha value is -3.14. The van der Waals surface area contributed by atoms with Crippen LogP contribution in [0.5, 0.6) is 11.5 Å². The molecule has 0 saturated heterocycles. The number of ether oxygens (including phenoxy) is 3. The summed E-state index contributed by atoms with van der Waals surface area (Å²) in [6.07, 6.45) is 5.29. The Morgan fingerprint density at radius 2 is 0.953 bits per heavy atom. The quantitative estimate of drug-likeness (QED) is 0.156. The molecule has 9 nitrogen and oxygen atoms in total. The SMILES string of the molecule is CC(C)(C)C(C)(COCC(C)(C(Oc1ccc(Cl)cc1)n1cncn1)C(C)(C)C)C(Oc1ccc(Cl)cc1)n1cncn1. The van der Waals surface area contributed by atoms with Crippen molar-refractivity contribution < 1.29 is 14.2 Å². The summed E-state index contributed by atoms with van der Waals surface area (Å²) in [4.78, 5) is 8.43. The molecule has 0 spiro atoms. The van der Waals surface area contributed by atoms with Crippen LogP contribution in [-0.2, 0) is 4.74 Å². The number of hydrogen-bond acceptors (Lipinski definition) is 7. The van der Waals surface area contributed by atoms with Gasteiger partial charge in [0.1, 0.15) is 36.8 Å². The van der Waals surface area contributed by atoms with Gasteiger partial charge in [-0.25, -0.2) is 19.3 Å². The minimum atomic E-state index is -0.571. The molecule has 2 aromatic heterocycles. The van der Waals surface area contributed by atoms with E-state index in [1.165, 1.54) is 12.7 Å². The molecule has 0 amide bonds. The zero-order valence-electron chi connectivity index (χ0n) is 26.2. The van der Waals surface area contributed by atoms with Gasteiger partial charge in [-0.1, -0.05) is 78.6 Å². The third-order valence-electron chi connectivity index (χ3n) is 8.80. The summed E-state index contributed by atoms with van der Waals surface area (Å²) in [6, 6.07) is 14.6. The van der Waals surface area contributed by atoms with Crippen molar-refractivity contribution in [2.45, 2.75) is 67.8 Å². The van der Waals surface area contributed by atoms with Gasteiger partial charge >= 0.3 is 0 Å². The lowest BCUT2D eigenvalue weighted by Crippen LogP contribution is -2.50. The van der Waals surface area contributed by atoms with Crippen LogP contribution in [-0.4, -0.2) is 42.7 Å². The van der Waals surface area contributed by atoms with Gasteiger partial charge in [-0.2, -0.15) is 10.2 Å². The van der Waals surface area contributed by atoms with Crippen molar-refractivity contribution in [2.75, 3.05) is 13.2 Å². The smallest absolute Gasteiger partial charge is 0.201 e. The van der Waals surface area contributed by atoms with Crippen molar-refractivity contribution in [3.8, 4) is 11.5 Å². The summed E-state index contributed by atoms with van der Waals surface area (Å²) in [5, 5.41) is 10.2. The Balaban J connectivity index is 1.66. The lowest BCUT2D eigenvalue weighted by atomic mass is 9.66. The number of hydrogen-bond donors (Lipinski definition) is 0. The van der Waals surface area contributed by atoms with Crippen LogP contribution in [0.4, 0.5) is 0 Å². The molecule has 2 aromatic carbocycles. The zero-order valence-corrected chi connectivity index (χ0v) is 27.7. The third-order valence-corrected chi connectivity index (χ3v) is 9.30. The highest BCUT2D eigenvalue weighted by molar-refractivity contribution is 6.30. The normalized spacial score (nSPS) is 16.6. The van der Waals surface area contributed by atoms with Gasteiger partial charge in [-0.05, 0) is 59.4 Å². The molecule has 0 aliphatic rings. The van der Waals surface area contributed by atoms with Crippen LogP contribution in [0.15, 0.2) is 73.8 Å². The lowest BCUT2D eigenvalue weighted by molar-refractivity contribution is -0.163. The second-order valence-electron chi connectivity index (χ2n) is 13.4. The Kier molecular flexibility index (Phi) is 9.79. The van der Waals surface area contributed by atoms with E-state index >= 15 is 0 Å². The molecule has 11 heteroatoms. The zero-order chi connectivity index (χ0) is 31.5. The predicted molar refractivity (Wildman–Crippen MR) is 168 cm³/mol. The van der Waals surface area contributed by atoms with Crippen LogP contribution in [0.1, 0.15) is 67.8 Å². The molecular weight excluding hydrogens is 587 g/mol. The first-order chi connectivity index (χ1) is 20.1.